The van der Waals surface area contributed by atoms with Gasteiger partial charge >= 0.3 is 0 Å². The molecule has 1 saturated heterocycles. The molecular formula is C10H20N+. The monoisotopic (exact) mass is 154 g/mol. The molecule has 0 spiro atoms. The highest BCUT2D eigenvalue weighted by atomic mass is 14.9. The van der Waals surface area contributed by atoms with Crippen LogP contribution in [0.15, 0.2) is 0 Å². The number of nitrogens with two attached hydrogens (primary N) is 1. The molecule has 0 aromatic carbocycles. The van der Waals surface area contributed by atoms with E-state index in [-0.39, 0.29) is 0 Å². The van der Waals surface area contributed by atoms with Crippen molar-refractivity contribution >= 4 is 0 Å². The first-order valence-electron chi connectivity index (χ1n) is 5.19. The highest BCUT2D eigenvalue weighted by Crippen LogP contribution is 2.36. The van der Waals surface area contributed by atoms with Crippen LogP contribution in [0.25, 0.3) is 0 Å². The molecule has 0 bridgehead atoms. The van der Waals surface area contributed by atoms with E-state index >= 15 is 0 Å². The van der Waals surface area contributed by atoms with Crippen LogP contribution >= 0.6 is 0 Å². The topological polar surface area (TPSA) is 16.6 Å². The van der Waals surface area contributed by atoms with E-state index < -0.39 is 0 Å². The Bertz CT molecular complexity index is 131. The predicted octanol–water partition coefficient (Wildman–Crippen LogP) is 1.01. The Labute approximate surface area is 69.6 Å². The van der Waals surface area contributed by atoms with Crippen LogP contribution in [0, 0.1) is 17.8 Å². The SMILES string of the molecule is CC1CCCC2CC[NH2+]CC12. The average Bonchev–Trinajstić information content (AvgIpc) is 2.06. The molecule has 0 radical (unpaired) electrons. The molecule has 64 valence electrons. The van der Waals surface area contributed by atoms with Crippen molar-refractivity contribution in [3.63, 3.8) is 0 Å². The van der Waals surface area contributed by atoms with Crippen molar-refractivity contribution in [1.82, 2.24) is 0 Å². The lowest BCUT2D eigenvalue weighted by Gasteiger charge is -2.38. The van der Waals surface area contributed by atoms with Gasteiger partial charge in [-0.05, 0) is 24.7 Å². The van der Waals surface area contributed by atoms with E-state index in [2.05, 4.69) is 12.2 Å². The van der Waals surface area contributed by atoms with Crippen molar-refractivity contribution in [1.29, 1.82) is 0 Å². The number of fused-ring (bicyclic) bond motifs is 1. The van der Waals surface area contributed by atoms with Crippen molar-refractivity contribution in [3.05, 3.63) is 0 Å². The number of quaternary nitrogens is 1. The molecule has 1 aliphatic carbocycles. The summed E-state index contributed by atoms with van der Waals surface area (Å²) in [5.74, 6) is 3.19. The lowest BCUT2D eigenvalue weighted by Crippen LogP contribution is -2.88. The molecular weight excluding hydrogens is 134 g/mol. The lowest BCUT2D eigenvalue weighted by atomic mass is 9.70. The Morgan fingerprint density at radius 2 is 2.09 bits per heavy atom. The summed E-state index contributed by atoms with van der Waals surface area (Å²) in [7, 11) is 0. The summed E-state index contributed by atoms with van der Waals surface area (Å²) >= 11 is 0. The van der Waals surface area contributed by atoms with Gasteiger partial charge in [-0.1, -0.05) is 19.8 Å². The Hall–Kier alpha value is -0.0400. The summed E-state index contributed by atoms with van der Waals surface area (Å²) < 4.78 is 0. The van der Waals surface area contributed by atoms with E-state index in [0.29, 0.717) is 0 Å². The first-order chi connectivity index (χ1) is 5.38. The van der Waals surface area contributed by atoms with Crippen LogP contribution in [-0.2, 0) is 0 Å². The summed E-state index contributed by atoms with van der Waals surface area (Å²) in [4.78, 5) is 0. The van der Waals surface area contributed by atoms with E-state index in [1.54, 1.807) is 0 Å². The second-order valence-electron chi connectivity index (χ2n) is 4.43. The van der Waals surface area contributed by atoms with Crippen LogP contribution in [0.5, 0.6) is 0 Å². The number of hydrogen-bond acceptors (Lipinski definition) is 0. The van der Waals surface area contributed by atoms with Gasteiger partial charge in [0.25, 0.3) is 0 Å². The zero-order chi connectivity index (χ0) is 7.68. The van der Waals surface area contributed by atoms with Crippen molar-refractivity contribution in [2.45, 2.75) is 32.6 Å². The standard InChI is InChI=1S/C10H19N/c1-8-3-2-4-9-5-6-11-7-10(8)9/h8-11H,2-7H2,1H3/p+1. The third-order valence-corrected chi connectivity index (χ3v) is 3.75. The van der Waals surface area contributed by atoms with Crippen molar-refractivity contribution in [2.24, 2.45) is 17.8 Å². The third kappa shape index (κ3) is 1.44. The van der Waals surface area contributed by atoms with E-state index in [1.165, 1.54) is 38.8 Å². The molecule has 1 heteroatoms. The van der Waals surface area contributed by atoms with Gasteiger partial charge < -0.3 is 5.32 Å². The second-order valence-corrected chi connectivity index (χ2v) is 4.43. The maximum Gasteiger partial charge on any atom is 0.0789 e. The van der Waals surface area contributed by atoms with Gasteiger partial charge in [-0.2, -0.15) is 0 Å². The molecule has 1 heterocycles. The van der Waals surface area contributed by atoms with E-state index in [9.17, 15) is 0 Å². The lowest BCUT2D eigenvalue weighted by molar-refractivity contribution is -0.673. The number of piperidine rings is 1. The molecule has 11 heavy (non-hydrogen) atoms. The molecule has 2 N–H and O–H groups in total. The van der Waals surface area contributed by atoms with E-state index in [0.717, 1.165) is 17.8 Å². The van der Waals surface area contributed by atoms with Crippen molar-refractivity contribution in [2.75, 3.05) is 13.1 Å². The Balaban J connectivity index is 1.99. The molecule has 0 aromatic rings. The highest BCUT2D eigenvalue weighted by molar-refractivity contribution is 4.80. The van der Waals surface area contributed by atoms with Crippen molar-refractivity contribution in [3.8, 4) is 0 Å². The zero-order valence-corrected chi connectivity index (χ0v) is 7.55. The van der Waals surface area contributed by atoms with Crippen LogP contribution in [0.3, 0.4) is 0 Å². The minimum Gasteiger partial charge on any atom is -0.346 e. The Morgan fingerprint density at radius 3 is 2.91 bits per heavy atom. The highest BCUT2D eigenvalue weighted by Gasteiger charge is 2.34. The first kappa shape index (κ1) is 7.60. The first-order valence-corrected chi connectivity index (χ1v) is 5.19. The summed E-state index contributed by atoms with van der Waals surface area (Å²) in [6.07, 6.45) is 6.02. The van der Waals surface area contributed by atoms with E-state index in [1.807, 2.05) is 0 Å². The van der Waals surface area contributed by atoms with Gasteiger partial charge in [0.05, 0.1) is 13.1 Å². The van der Waals surface area contributed by atoms with Crippen LogP contribution in [0.4, 0.5) is 0 Å². The summed E-state index contributed by atoms with van der Waals surface area (Å²) in [6.45, 7) is 5.27. The second kappa shape index (κ2) is 3.14. The quantitative estimate of drug-likeness (QED) is 0.536. The average molecular weight is 154 g/mol. The maximum atomic E-state index is 2.52. The molecule has 3 atom stereocenters. The van der Waals surface area contributed by atoms with Crippen LogP contribution < -0.4 is 5.32 Å². The fraction of sp³-hybridized carbons (Fsp3) is 1.00. The fourth-order valence-electron chi connectivity index (χ4n) is 3.02. The van der Waals surface area contributed by atoms with Crippen molar-refractivity contribution < 1.29 is 5.32 Å². The molecule has 1 saturated carbocycles. The largest absolute Gasteiger partial charge is 0.346 e. The van der Waals surface area contributed by atoms with Crippen LogP contribution in [0.1, 0.15) is 32.6 Å². The molecule has 1 aliphatic heterocycles. The molecule has 0 amide bonds. The third-order valence-electron chi connectivity index (χ3n) is 3.75. The summed E-state index contributed by atoms with van der Waals surface area (Å²) in [6, 6.07) is 0. The normalized spacial score (nSPS) is 45.0. The smallest absolute Gasteiger partial charge is 0.0789 e. The molecule has 0 aromatic heterocycles. The molecule has 2 fully saturated rings. The molecule has 3 unspecified atom stereocenters. The summed E-state index contributed by atoms with van der Waals surface area (Å²) in [5, 5.41) is 2.52. The van der Waals surface area contributed by atoms with Gasteiger partial charge in [0.2, 0.25) is 0 Å². The minimum absolute atomic E-state index is 1.02. The van der Waals surface area contributed by atoms with Gasteiger partial charge in [0.15, 0.2) is 0 Å². The Morgan fingerprint density at radius 1 is 1.18 bits per heavy atom. The van der Waals surface area contributed by atoms with Gasteiger partial charge in [-0.3, -0.25) is 0 Å². The summed E-state index contributed by atoms with van der Waals surface area (Å²) in [5.41, 5.74) is 0. The molecule has 2 aliphatic rings. The Kier molecular flexibility index (Phi) is 2.17. The number of rotatable bonds is 0. The maximum absolute atomic E-state index is 2.52. The van der Waals surface area contributed by atoms with Gasteiger partial charge in [0.1, 0.15) is 0 Å². The van der Waals surface area contributed by atoms with Gasteiger partial charge in [-0.15, -0.1) is 0 Å². The number of hydrogen-bond donors (Lipinski definition) is 1. The minimum atomic E-state index is 1.02. The van der Waals surface area contributed by atoms with Crippen LogP contribution in [0.2, 0.25) is 0 Å². The van der Waals surface area contributed by atoms with Gasteiger partial charge in [-0.25, -0.2) is 0 Å². The predicted molar refractivity (Wildman–Crippen MR) is 46.3 cm³/mol. The van der Waals surface area contributed by atoms with E-state index in [4.69, 9.17) is 0 Å². The molecule has 2 rings (SSSR count). The van der Waals surface area contributed by atoms with Gasteiger partial charge in [0, 0.05) is 5.92 Å². The van der Waals surface area contributed by atoms with Crippen LogP contribution in [-0.4, -0.2) is 13.1 Å². The fourth-order valence-corrected chi connectivity index (χ4v) is 3.02. The zero-order valence-electron chi connectivity index (χ0n) is 7.55. The molecule has 1 nitrogen and oxygen atoms in total.